The van der Waals surface area contributed by atoms with Gasteiger partial charge in [0.1, 0.15) is 5.76 Å². The van der Waals surface area contributed by atoms with E-state index >= 15 is 0 Å². The van der Waals surface area contributed by atoms with E-state index in [9.17, 15) is 0 Å². The molecule has 0 aliphatic carbocycles. The Bertz CT molecular complexity index is 1050. The van der Waals surface area contributed by atoms with Gasteiger partial charge in [-0.25, -0.2) is 0 Å². The van der Waals surface area contributed by atoms with Gasteiger partial charge >= 0.3 is 0 Å². The molecule has 4 heterocycles. The number of aromatic nitrogens is 2. The molecule has 4 aromatic rings. The molecule has 0 atom stereocenters. The molecular formula is C24H22N4O. The molecule has 0 spiro atoms. The third-order valence-corrected chi connectivity index (χ3v) is 5.40. The third-order valence-electron chi connectivity index (χ3n) is 5.40. The Morgan fingerprint density at radius 3 is 2.14 bits per heavy atom. The molecule has 3 aromatic heterocycles. The minimum Gasteiger partial charge on any atom is -0.464 e. The first-order valence-corrected chi connectivity index (χ1v) is 9.88. The van der Waals surface area contributed by atoms with Gasteiger partial charge in [-0.3, -0.25) is 9.97 Å². The van der Waals surface area contributed by atoms with E-state index in [0.717, 1.165) is 48.8 Å². The van der Waals surface area contributed by atoms with Crippen molar-refractivity contribution in [2.45, 2.75) is 0 Å². The number of nitrogens with zero attached hydrogens (tertiary/aromatic N) is 4. The molecule has 5 nitrogen and oxygen atoms in total. The van der Waals surface area contributed by atoms with Crippen molar-refractivity contribution in [1.82, 2.24) is 9.97 Å². The summed E-state index contributed by atoms with van der Waals surface area (Å²) in [5, 5.41) is 0. The molecule has 5 heteroatoms. The Morgan fingerprint density at radius 2 is 1.41 bits per heavy atom. The lowest BCUT2D eigenvalue weighted by molar-refractivity contribution is 0.582. The summed E-state index contributed by atoms with van der Waals surface area (Å²) in [4.78, 5) is 13.7. The van der Waals surface area contributed by atoms with E-state index in [1.165, 1.54) is 11.4 Å². The van der Waals surface area contributed by atoms with Crippen molar-refractivity contribution in [3.05, 3.63) is 85.5 Å². The van der Waals surface area contributed by atoms with Crippen LogP contribution >= 0.6 is 0 Å². The zero-order valence-electron chi connectivity index (χ0n) is 16.1. The molecule has 1 aliphatic heterocycles. The van der Waals surface area contributed by atoms with Crippen molar-refractivity contribution >= 4 is 11.4 Å². The Labute approximate surface area is 170 Å². The van der Waals surface area contributed by atoms with Gasteiger partial charge < -0.3 is 14.2 Å². The summed E-state index contributed by atoms with van der Waals surface area (Å²) < 4.78 is 5.50. The van der Waals surface area contributed by atoms with Gasteiger partial charge in [-0.05, 0) is 36.4 Å². The summed E-state index contributed by atoms with van der Waals surface area (Å²) in [6.45, 7) is 3.89. The quantitative estimate of drug-likeness (QED) is 0.511. The maximum Gasteiger partial charge on any atom is 0.133 e. The highest BCUT2D eigenvalue weighted by atomic mass is 16.3. The lowest BCUT2D eigenvalue weighted by atomic mass is 10.0. The Kier molecular flexibility index (Phi) is 4.70. The van der Waals surface area contributed by atoms with Crippen LogP contribution in [0.4, 0.5) is 11.4 Å². The average Bonchev–Trinajstić information content (AvgIpc) is 3.35. The van der Waals surface area contributed by atoms with E-state index in [2.05, 4.69) is 57.2 Å². The number of rotatable bonds is 4. The van der Waals surface area contributed by atoms with Crippen molar-refractivity contribution in [3.8, 4) is 22.6 Å². The predicted octanol–water partition coefficient (Wildman–Crippen LogP) is 4.73. The molecule has 0 unspecified atom stereocenters. The van der Waals surface area contributed by atoms with Crippen molar-refractivity contribution in [2.75, 3.05) is 36.0 Å². The molecule has 0 amide bonds. The van der Waals surface area contributed by atoms with E-state index in [-0.39, 0.29) is 0 Å². The van der Waals surface area contributed by atoms with Gasteiger partial charge in [-0.15, -0.1) is 0 Å². The highest BCUT2D eigenvalue weighted by molar-refractivity contribution is 5.77. The number of furan rings is 1. The normalized spacial score (nSPS) is 14.2. The standard InChI is InChI=1S/C24H22N4O/c1-3-22(28-16-14-27(15-17-28)21-9-12-25-13-10-21)24(26-11-1)20-7-5-19(6-8-20)23-4-2-18-29-23/h1-13,18H,14-17H2. The van der Waals surface area contributed by atoms with Crippen LogP contribution in [0.1, 0.15) is 0 Å². The largest absolute Gasteiger partial charge is 0.464 e. The summed E-state index contributed by atoms with van der Waals surface area (Å²) in [6, 6.07) is 20.7. The van der Waals surface area contributed by atoms with Crippen molar-refractivity contribution in [2.24, 2.45) is 0 Å². The molecule has 1 aromatic carbocycles. The number of benzene rings is 1. The van der Waals surface area contributed by atoms with Crippen molar-refractivity contribution < 1.29 is 4.42 Å². The highest BCUT2D eigenvalue weighted by Crippen LogP contribution is 2.31. The summed E-state index contributed by atoms with van der Waals surface area (Å²) in [5.74, 6) is 0.880. The van der Waals surface area contributed by atoms with Gasteiger partial charge in [0.2, 0.25) is 0 Å². The van der Waals surface area contributed by atoms with Crippen LogP contribution in [0.3, 0.4) is 0 Å². The molecule has 5 rings (SSSR count). The van der Waals surface area contributed by atoms with Crippen LogP contribution in [0, 0.1) is 0 Å². The number of pyridine rings is 2. The lowest BCUT2D eigenvalue weighted by Crippen LogP contribution is -2.46. The highest BCUT2D eigenvalue weighted by Gasteiger charge is 2.20. The van der Waals surface area contributed by atoms with Crippen LogP contribution in [0.25, 0.3) is 22.6 Å². The summed E-state index contributed by atoms with van der Waals surface area (Å²) in [5.41, 5.74) is 5.64. The minimum absolute atomic E-state index is 0.880. The Hall–Kier alpha value is -3.60. The van der Waals surface area contributed by atoms with Crippen LogP contribution in [0.15, 0.2) is 89.9 Å². The van der Waals surface area contributed by atoms with Crippen molar-refractivity contribution in [3.63, 3.8) is 0 Å². The molecule has 0 bridgehead atoms. The van der Waals surface area contributed by atoms with Gasteiger partial charge in [0.15, 0.2) is 0 Å². The van der Waals surface area contributed by atoms with E-state index in [4.69, 9.17) is 9.40 Å². The fourth-order valence-electron chi connectivity index (χ4n) is 3.87. The number of anilines is 2. The second-order valence-electron chi connectivity index (χ2n) is 7.11. The van der Waals surface area contributed by atoms with Crippen LogP contribution < -0.4 is 9.80 Å². The fourth-order valence-corrected chi connectivity index (χ4v) is 3.87. The molecule has 0 radical (unpaired) electrons. The van der Waals surface area contributed by atoms with E-state index < -0.39 is 0 Å². The summed E-state index contributed by atoms with van der Waals surface area (Å²) >= 11 is 0. The maximum atomic E-state index is 5.50. The SMILES string of the molecule is c1coc(-c2ccc(-c3ncccc3N3CCN(c4ccncc4)CC3)cc2)c1. The van der Waals surface area contributed by atoms with Crippen molar-refractivity contribution in [1.29, 1.82) is 0 Å². The monoisotopic (exact) mass is 382 g/mol. The van der Waals surface area contributed by atoms with Gasteiger partial charge in [0, 0.05) is 61.6 Å². The number of hydrogen-bond donors (Lipinski definition) is 0. The minimum atomic E-state index is 0.880. The smallest absolute Gasteiger partial charge is 0.133 e. The lowest BCUT2D eigenvalue weighted by Gasteiger charge is -2.37. The molecule has 1 saturated heterocycles. The first-order chi connectivity index (χ1) is 14.4. The van der Waals surface area contributed by atoms with Crippen LogP contribution in [0.5, 0.6) is 0 Å². The second kappa shape index (κ2) is 7.80. The fraction of sp³-hybridized carbons (Fsp3) is 0.167. The number of piperazine rings is 1. The molecular weight excluding hydrogens is 360 g/mol. The molecule has 1 fully saturated rings. The molecule has 0 N–H and O–H groups in total. The first kappa shape index (κ1) is 17.5. The summed E-state index contributed by atoms with van der Waals surface area (Å²) in [6.07, 6.45) is 7.28. The van der Waals surface area contributed by atoms with Crippen LogP contribution in [-0.2, 0) is 0 Å². The molecule has 29 heavy (non-hydrogen) atoms. The van der Waals surface area contributed by atoms with Gasteiger partial charge in [0.25, 0.3) is 0 Å². The Morgan fingerprint density at radius 1 is 0.690 bits per heavy atom. The zero-order chi connectivity index (χ0) is 19.5. The topological polar surface area (TPSA) is 45.4 Å². The maximum absolute atomic E-state index is 5.50. The molecule has 0 saturated carbocycles. The van der Waals surface area contributed by atoms with E-state index in [1.54, 1.807) is 6.26 Å². The molecule has 1 aliphatic rings. The number of hydrogen-bond acceptors (Lipinski definition) is 5. The Balaban J connectivity index is 1.36. The van der Waals surface area contributed by atoms with E-state index in [0.29, 0.717) is 0 Å². The zero-order valence-corrected chi connectivity index (χ0v) is 16.1. The van der Waals surface area contributed by atoms with Crippen LogP contribution in [-0.4, -0.2) is 36.1 Å². The van der Waals surface area contributed by atoms with Crippen LogP contribution in [0.2, 0.25) is 0 Å². The summed E-state index contributed by atoms with van der Waals surface area (Å²) in [7, 11) is 0. The van der Waals surface area contributed by atoms with E-state index in [1.807, 2.05) is 36.8 Å². The van der Waals surface area contributed by atoms with Gasteiger partial charge in [-0.2, -0.15) is 0 Å². The predicted molar refractivity (Wildman–Crippen MR) is 116 cm³/mol. The third kappa shape index (κ3) is 3.59. The average molecular weight is 382 g/mol. The molecule has 144 valence electrons. The second-order valence-corrected chi connectivity index (χ2v) is 7.11. The van der Waals surface area contributed by atoms with Gasteiger partial charge in [-0.1, -0.05) is 24.3 Å². The van der Waals surface area contributed by atoms with Gasteiger partial charge in [0.05, 0.1) is 17.6 Å². The first-order valence-electron chi connectivity index (χ1n) is 9.88.